The predicted molar refractivity (Wildman–Crippen MR) is 115 cm³/mol. The van der Waals surface area contributed by atoms with Crippen molar-refractivity contribution in [3.8, 4) is 5.75 Å². The van der Waals surface area contributed by atoms with E-state index in [1.165, 1.54) is 6.26 Å². The fourth-order valence-corrected chi connectivity index (χ4v) is 2.88. The fraction of sp³-hybridized carbons (Fsp3) is 0.0870. The van der Waals surface area contributed by atoms with Crippen molar-refractivity contribution >= 4 is 23.2 Å². The highest BCUT2D eigenvalue weighted by atomic mass is 16.5. The lowest BCUT2D eigenvalue weighted by atomic mass is 10.2. The van der Waals surface area contributed by atoms with Gasteiger partial charge in [-0.1, -0.05) is 12.1 Å². The molecule has 8 nitrogen and oxygen atoms in total. The first-order chi connectivity index (χ1) is 15.2. The molecule has 0 bridgehead atoms. The fourth-order valence-electron chi connectivity index (χ4n) is 2.88. The second kappa shape index (κ2) is 9.45. The average Bonchev–Trinajstić information content (AvgIpc) is 3.50. The summed E-state index contributed by atoms with van der Waals surface area (Å²) in [5.74, 6) is 0.156. The summed E-state index contributed by atoms with van der Waals surface area (Å²) in [6.45, 7) is 1.08. The van der Waals surface area contributed by atoms with Crippen molar-refractivity contribution < 1.29 is 18.7 Å². The van der Waals surface area contributed by atoms with Gasteiger partial charge in [0.1, 0.15) is 12.4 Å². The zero-order chi connectivity index (χ0) is 21.5. The van der Waals surface area contributed by atoms with Gasteiger partial charge >= 0.3 is 0 Å². The number of imidazole rings is 1. The molecule has 4 rings (SSSR count). The van der Waals surface area contributed by atoms with Crippen molar-refractivity contribution in [3.05, 3.63) is 97.0 Å². The molecule has 0 aliphatic carbocycles. The number of rotatable bonds is 8. The molecule has 31 heavy (non-hydrogen) atoms. The van der Waals surface area contributed by atoms with Gasteiger partial charge in [0.25, 0.3) is 11.8 Å². The van der Waals surface area contributed by atoms with Gasteiger partial charge < -0.3 is 24.4 Å². The third-order valence-electron chi connectivity index (χ3n) is 4.45. The second-order valence-electron chi connectivity index (χ2n) is 6.61. The molecule has 156 valence electrons. The number of aromatic nitrogens is 2. The van der Waals surface area contributed by atoms with Crippen LogP contribution in [0.5, 0.6) is 5.75 Å². The summed E-state index contributed by atoms with van der Waals surface area (Å²) >= 11 is 0. The Labute approximate surface area is 178 Å². The van der Waals surface area contributed by atoms with E-state index in [4.69, 9.17) is 9.15 Å². The van der Waals surface area contributed by atoms with E-state index in [-0.39, 0.29) is 17.6 Å². The van der Waals surface area contributed by atoms with Crippen LogP contribution >= 0.6 is 0 Å². The zero-order valence-electron chi connectivity index (χ0n) is 16.5. The van der Waals surface area contributed by atoms with Crippen molar-refractivity contribution in [1.29, 1.82) is 0 Å². The summed E-state index contributed by atoms with van der Waals surface area (Å²) in [6, 6.07) is 17.1. The summed E-state index contributed by atoms with van der Waals surface area (Å²) < 4.78 is 12.8. The monoisotopic (exact) mass is 416 g/mol. The maximum Gasteiger partial charge on any atom is 0.291 e. The maximum atomic E-state index is 12.7. The van der Waals surface area contributed by atoms with Gasteiger partial charge in [-0.3, -0.25) is 9.59 Å². The summed E-state index contributed by atoms with van der Waals surface area (Å²) in [6.07, 6.45) is 6.72. The number of nitrogens with one attached hydrogen (secondary N) is 2. The van der Waals surface area contributed by atoms with Crippen LogP contribution in [0, 0.1) is 0 Å². The summed E-state index contributed by atoms with van der Waals surface area (Å²) in [4.78, 5) is 28.7. The van der Waals surface area contributed by atoms with Gasteiger partial charge in [0.2, 0.25) is 0 Å². The molecule has 0 radical (unpaired) electrons. The highest BCUT2D eigenvalue weighted by Crippen LogP contribution is 2.24. The Kier molecular flexibility index (Phi) is 6.08. The van der Waals surface area contributed by atoms with E-state index in [1.807, 2.05) is 22.9 Å². The molecule has 2 aromatic heterocycles. The van der Waals surface area contributed by atoms with Crippen molar-refractivity contribution in [3.63, 3.8) is 0 Å². The molecule has 0 saturated carbocycles. The quantitative estimate of drug-likeness (QED) is 0.451. The summed E-state index contributed by atoms with van der Waals surface area (Å²) in [5, 5.41) is 5.58. The van der Waals surface area contributed by atoms with Crippen molar-refractivity contribution in [1.82, 2.24) is 9.55 Å². The average molecular weight is 416 g/mol. The normalized spacial score (nSPS) is 10.5. The van der Waals surface area contributed by atoms with Crippen LogP contribution in [-0.2, 0) is 6.54 Å². The molecule has 0 atom stereocenters. The second-order valence-corrected chi connectivity index (χ2v) is 6.61. The first kappa shape index (κ1) is 20.0. The number of para-hydroxylation sites is 2. The molecule has 0 aliphatic rings. The number of hydrogen-bond donors (Lipinski definition) is 2. The van der Waals surface area contributed by atoms with Gasteiger partial charge in [-0.25, -0.2) is 4.98 Å². The Morgan fingerprint density at radius 3 is 2.55 bits per heavy atom. The first-order valence-corrected chi connectivity index (χ1v) is 9.63. The molecule has 0 fully saturated rings. The van der Waals surface area contributed by atoms with E-state index in [0.29, 0.717) is 35.8 Å². The molecule has 0 saturated heterocycles. The Morgan fingerprint density at radius 2 is 1.81 bits per heavy atom. The molecule has 2 N–H and O–H groups in total. The maximum absolute atomic E-state index is 12.7. The minimum atomic E-state index is -0.357. The highest BCUT2D eigenvalue weighted by molar-refractivity contribution is 6.06. The Morgan fingerprint density at radius 1 is 0.968 bits per heavy atom. The Balaban J connectivity index is 1.36. The topological polar surface area (TPSA) is 98.4 Å². The molecule has 0 spiro atoms. The first-order valence-electron chi connectivity index (χ1n) is 9.63. The molecular formula is C23H20N4O4. The van der Waals surface area contributed by atoms with Crippen molar-refractivity contribution in [2.45, 2.75) is 6.54 Å². The van der Waals surface area contributed by atoms with Gasteiger partial charge in [-0.15, -0.1) is 0 Å². The van der Waals surface area contributed by atoms with Crippen LogP contribution in [0.15, 0.2) is 90.1 Å². The molecular weight excluding hydrogens is 396 g/mol. The number of carbonyl (C=O) groups excluding carboxylic acids is 2. The van der Waals surface area contributed by atoms with Crippen molar-refractivity contribution in [2.75, 3.05) is 17.2 Å². The van der Waals surface area contributed by atoms with Gasteiger partial charge in [-0.2, -0.15) is 0 Å². The largest absolute Gasteiger partial charge is 0.490 e. The van der Waals surface area contributed by atoms with E-state index in [0.717, 1.165) is 0 Å². The van der Waals surface area contributed by atoms with E-state index >= 15 is 0 Å². The predicted octanol–water partition coefficient (Wildman–Crippen LogP) is 4.06. The summed E-state index contributed by atoms with van der Waals surface area (Å²) in [5.41, 5.74) is 1.58. The number of ether oxygens (including phenoxy) is 1. The Bertz CT molecular complexity index is 1140. The zero-order valence-corrected chi connectivity index (χ0v) is 16.5. The molecule has 0 aliphatic heterocycles. The summed E-state index contributed by atoms with van der Waals surface area (Å²) in [7, 11) is 0. The molecule has 8 heteroatoms. The minimum Gasteiger partial charge on any atom is -0.490 e. The lowest BCUT2D eigenvalue weighted by Gasteiger charge is -2.13. The van der Waals surface area contributed by atoms with Gasteiger partial charge in [0.05, 0.1) is 24.8 Å². The van der Waals surface area contributed by atoms with Crippen LogP contribution in [0.2, 0.25) is 0 Å². The van der Waals surface area contributed by atoms with Gasteiger partial charge in [0, 0.05) is 23.6 Å². The van der Waals surface area contributed by atoms with Crippen LogP contribution in [-0.4, -0.2) is 28.0 Å². The number of carbonyl (C=O) groups is 2. The number of furan rings is 1. The number of nitrogens with zero attached hydrogens (tertiary/aromatic N) is 2. The van der Waals surface area contributed by atoms with E-state index in [2.05, 4.69) is 15.6 Å². The highest BCUT2D eigenvalue weighted by Gasteiger charge is 2.12. The van der Waals surface area contributed by atoms with Gasteiger partial charge in [-0.05, 0) is 48.5 Å². The lowest BCUT2D eigenvalue weighted by molar-refractivity contribution is 0.0995. The third-order valence-corrected chi connectivity index (χ3v) is 4.45. The number of amides is 2. The Hall–Kier alpha value is -4.33. The number of anilines is 2. The smallest absolute Gasteiger partial charge is 0.291 e. The van der Waals surface area contributed by atoms with E-state index in [1.54, 1.807) is 61.1 Å². The third kappa shape index (κ3) is 5.18. The molecule has 2 heterocycles. The van der Waals surface area contributed by atoms with Crippen molar-refractivity contribution in [2.24, 2.45) is 0 Å². The standard InChI is InChI=1S/C23H20N4O4/c28-22(17-7-9-18(10-8-17)25-23(29)21-6-3-14-30-21)26-19-4-1-2-5-20(19)31-15-13-27-12-11-24-16-27/h1-12,14,16H,13,15H2,(H,25,29)(H,26,28). The SMILES string of the molecule is O=C(Nc1ccccc1OCCn1ccnc1)c1ccc(NC(=O)c2ccco2)cc1. The molecule has 2 amide bonds. The minimum absolute atomic E-state index is 0.214. The molecule has 0 unspecified atom stereocenters. The van der Waals surface area contributed by atoms with Crippen LogP contribution in [0.25, 0.3) is 0 Å². The van der Waals surface area contributed by atoms with Crippen LogP contribution in [0.4, 0.5) is 11.4 Å². The van der Waals surface area contributed by atoms with E-state index in [9.17, 15) is 9.59 Å². The number of benzene rings is 2. The number of hydrogen-bond acceptors (Lipinski definition) is 5. The van der Waals surface area contributed by atoms with Crippen LogP contribution in [0.3, 0.4) is 0 Å². The van der Waals surface area contributed by atoms with E-state index < -0.39 is 0 Å². The van der Waals surface area contributed by atoms with Crippen LogP contribution in [0.1, 0.15) is 20.9 Å². The van der Waals surface area contributed by atoms with Gasteiger partial charge in [0.15, 0.2) is 5.76 Å². The molecule has 4 aromatic rings. The lowest BCUT2D eigenvalue weighted by Crippen LogP contribution is -2.14. The molecule has 2 aromatic carbocycles. The van der Waals surface area contributed by atoms with Crippen LogP contribution < -0.4 is 15.4 Å².